The van der Waals surface area contributed by atoms with Crippen molar-refractivity contribution in [2.75, 3.05) is 25.5 Å². The van der Waals surface area contributed by atoms with Crippen LogP contribution in [-0.4, -0.2) is 53.4 Å². The van der Waals surface area contributed by atoms with Crippen molar-refractivity contribution in [3.8, 4) is 0 Å². The second-order valence-electron chi connectivity index (χ2n) is 5.56. The summed E-state index contributed by atoms with van der Waals surface area (Å²) in [5.74, 6) is 0.0400. The number of carbonyl (C=O) groups is 2. The molecule has 1 saturated heterocycles. The van der Waals surface area contributed by atoms with E-state index >= 15 is 0 Å². The second-order valence-corrected chi connectivity index (χ2v) is 6.77. The fraction of sp³-hybridized carbons (Fsp3) is 0.500. The van der Waals surface area contributed by atoms with E-state index in [-0.39, 0.29) is 23.6 Å². The van der Waals surface area contributed by atoms with Gasteiger partial charge in [-0.05, 0) is 23.3 Å². The fourth-order valence-corrected chi connectivity index (χ4v) is 4.33. The van der Waals surface area contributed by atoms with E-state index in [2.05, 4.69) is 6.07 Å². The van der Waals surface area contributed by atoms with Crippen LogP contribution in [0.25, 0.3) is 0 Å². The molecule has 2 heterocycles. The number of aliphatic carboxylic acids is 1. The van der Waals surface area contributed by atoms with E-state index in [0.29, 0.717) is 19.8 Å². The number of carbonyl (C=O) groups excluding carboxylic acids is 1. The molecular weight excluding hydrogens is 302 g/mol. The predicted octanol–water partition coefficient (Wildman–Crippen LogP) is 1.72. The van der Waals surface area contributed by atoms with E-state index in [0.717, 1.165) is 17.7 Å². The van der Waals surface area contributed by atoms with Gasteiger partial charge >= 0.3 is 5.97 Å². The van der Waals surface area contributed by atoms with Gasteiger partial charge in [0.25, 0.3) is 0 Å². The maximum Gasteiger partial charge on any atom is 0.305 e. The number of ether oxygens (including phenoxy) is 1. The molecule has 2 atom stereocenters. The minimum Gasteiger partial charge on any atom is -0.481 e. The number of amides is 1. The first kappa shape index (κ1) is 15.4. The molecule has 0 saturated carbocycles. The normalized spacial score (nSPS) is 24.6. The topological polar surface area (TPSA) is 66.8 Å². The Morgan fingerprint density at radius 2 is 2.18 bits per heavy atom. The van der Waals surface area contributed by atoms with Crippen molar-refractivity contribution in [1.29, 1.82) is 0 Å². The smallest absolute Gasteiger partial charge is 0.305 e. The predicted molar refractivity (Wildman–Crippen MR) is 83.9 cm³/mol. The Hall–Kier alpha value is -1.53. The van der Waals surface area contributed by atoms with Gasteiger partial charge in [0.05, 0.1) is 25.7 Å². The van der Waals surface area contributed by atoms with Gasteiger partial charge in [-0.2, -0.15) is 0 Å². The molecule has 5 nitrogen and oxygen atoms in total. The molecule has 0 radical (unpaired) electrons. The van der Waals surface area contributed by atoms with E-state index in [1.165, 1.54) is 5.56 Å². The summed E-state index contributed by atoms with van der Waals surface area (Å²) in [6.07, 6.45) is 0.914. The average molecular weight is 321 g/mol. The molecule has 2 unspecified atom stereocenters. The fourth-order valence-electron chi connectivity index (χ4n) is 3.06. The monoisotopic (exact) mass is 321 g/mol. The van der Waals surface area contributed by atoms with Gasteiger partial charge in [0.15, 0.2) is 0 Å². The molecule has 1 aromatic carbocycles. The molecule has 22 heavy (non-hydrogen) atoms. The lowest BCUT2D eigenvalue weighted by atomic mass is 10.00. The zero-order chi connectivity index (χ0) is 15.5. The van der Waals surface area contributed by atoms with Crippen LogP contribution in [0.2, 0.25) is 0 Å². The van der Waals surface area contributed by atoms with Crippen LogP contribution in [0.3, 0.4) is 0 Å². The lowest BCUT2D eigenvalue weighted by Crippen LogP contribution is -2.51. The molecule has 6 heteroatoms. The van der Waals surface area contributed by atoms with Gasteiger partial charge in [0.2, 0.25) is 5.91 Å². The number of fused-ring (bicyclic) bond motifs is 1. The summed E-state index contributed by atoms with van der Waals surface area (Å²) in [4.78, 5) is 25.7. The summed E-state index contributed by atoms with van der Waals surface area (Å²) in [6, 6.07) is 7.67. The molecule has 0 aliphatic carbocycles. The number of aryl methyl sites for hydroxylation is 1. The van der Waals surface area contributed by atoms with Crippen molar-refractivity contribution in [1.82, 2.24) is 4.90 Å². The van der Waals surface area contributed by atoms with Gasteiger partial charge < -0.3 is 14.7 Å². The Kier molecular flexibility index (Phi) is 4.69. The molecule has 0 spiro atoms. The third kappa shape index (κ3) is 3.13. The van der Waals surface area contributed by atoms with Crippen molar-refractivity contribution in [2.24, 2.45) is 0 Å². The van der Waals surface area contributed by atoms with Gasteiger partial charge in [0, 0.05) is 6.54 Å². The number of benzene rings is 1. The highest BCUT2D eigenvalue weighted by molar-refractivity contribution is 8.00. The largest absolute Gasteiger partial charge is 0.481 e. The van der Waals surface area contributed by atoms with E-state index < -0.39 is 5.97 Å². The van der Waals surface area contributed by atoms with Crippen molar-refractivity contribution >= 4 is 23.6 Å². The number of carboxylic acid groups (broad SMARTS) is 1. The lowest BCUT2D eigenvalue weighted by molar-refractivity contribution is -0.146. The SMILES string of the molecule is O=C(O)CC1COCCN1C(=O)C1SCCc2ccccc21. The zero-order valence-corrected chi connectivity index (χ0v) is 13.1. The number of morpholine rings is 1. The maximum atomic E-state index is 13.0. The summed E-state index contributed by atoms with van der Waals surface area (Å²) in [7, 11) is 0. The molecule has 3 rings (SSSR count). The van der Waals surface area contributed by atoms with Crippen LogP contribution in [0.1, 0.15) is 22.8 Å². The summed E-state index contributed by atoms with van der Waals surface area (Å²) in [5, 5.41) is 8.81. The third-order valence-corrected chi connectivity index (χ3v) is 5.37. The summed E-state index contributed by atoms with van der Waals surface area (Å²) >= 11 is 1.65. The lowest BCUT2D eigenvalue weighted by Gasteiger charge is -2.38. The second kappa shape index (κ2) is 6.71. The summed E-state index contributed by atoms with van der Waals surface area (Å²) < 4.78 is 5.36. The van der Waals surface area contributed by atoms with Gasteiger partial charge in [-0.25, -0.2) is 0 Å². The minimum absolute atomic E-state index is 0.0201. The van der Waals surface area contributed by atoms with Crippen molar-refractivity contribution in [3.63, 3.8) is 0 Å². The van der Waals surface area contributed by atoms with E-state index in [9.17, 15) is 9.59 Å². The van der Waals surface area contributed by atoms with Crippen LogP contribution >= 0.6 is 11.8 Å². The Morgan fingerprint density at radius 3 is 3.00 bits per heavy atom. The van der Waals surface area contributed by atoms with Crippen LogP contribution in [0.15, 0.2) is 24.3 Å². The highest BCUT2D eigenvalue weighted by Gasteiger charge is 2.36. The number of rotatable bonds is 3. The van der Waals surface area contributed by atoms with Crippen molar-refractivity contribution in [2.45, 2.75) is 24.1 Å². The number of hydrogen-bond acceptors (Lipinski definition) is 4. The quantitative estimate of drug-likeness (QED) is 0.918. The van der Waals surface area contributed by atoms with E-state index in [1.807, 2.05) is 18.2 Å². The van der Waals surface area contributed by atoms with Gasteiger partial charge in [-0.15, -0.1) is 11.8 Å². The van der Waals surface area contributed by atoms with Gasteiger partial charge in [-0.3, -0.25) is 9.59 Å². The van der Waals surface area contributed by atoms with Crippen molar-refractivity contribution < 1.29 is 19.4 Å². The Labute approximate surface area is 133 Å². The molecule has 1 aromatic rings. The first-order valence-electron chi connectivity index (χ1n) is 7.46. The molecular formula is C16H19NO4S. The first-order valence-corrected chi connectivity index (χ1v) is 8.51. The van der Waals surface area contributed by atoms with E-state index in [4.69, 9.17) is 9.84 Å². The molecule has 1 fully saturated rings. The molecule has 0 aromatic heterocycles. The Balaban J connectivity index is 1.82. The number of carboxylic acids is 1. The molecule has 2 aliphatic heterocycles. The van der Waals surface area contributed by atoms with Crippen LogP contribution in [0.5, 0.6) is 0 Å². The van der Waals surface area contributed by atoms with Gasteiger partial charge in [-0.1, -0.05) is 24.3 Å². The molecule has 1 N–H and O–H groups in total. The summed E-state index contributed by atoms with van der Waals surface area (Å²) in [5.41, 5.74) is 2.30. The first-order chi connectivity index (χ1) is 10.7. The number of thioether (sulfide) groups is 1. The maximum absolute atomic E-state index is 13.0. The Bertz CT molecular complexity index is 577. The number of nitrogens with zero attached hydrogens (tertiary/aromatic N) is 1. The third-order valence-electron chi connectivity index (χ3n) is 4.14. The molecule has 0 bridgehead atoms. The summed E-state index contributed by atoms with van der Waals surface area (Å²) in [6.45, 7) is 1.24. The zero-order valence-electron chi connectivity index (χ0n) is 12.2. The van der Waals surface area contributed by atoms with Crippen LogP contribution in [0.4, 0.5) is 0 Å². The van der Waals surface area contributed by atoms with Crippen LogP contribution < -0.4 is 0 Å². The standard InChI is InChI=1S/C16H19NO4S/c18-14(19)9-12-10-21-7-6-17(12)16(20)15-13-4-2-1-3-11(13)5-8-22-15/h1-4,12,15H,5-10H2,(H,18,19). The van der Waals surface area contributed by atoms with Crippen LogP contribution in [-0.2, 0) is 20.7 Å². The Morgan fingerprint density at radius 1 is 1.36 bits per heavy atom. The molecule has 1 amide bonds. The number of hydrogen-bond donors (Lipinski definition) is 1. The highest BCUT2D eigenvalue weighted by Crippen LogP contribution is 2.38. The molecule has 2 aliphatic rings. The van der Waals surface area contributed by atoms with Crippen molar-refractivity contribution in [3.05, 3.63) is 35.4 Å². The van der Waals surface area contributed by atoms with Gasteiger partial charge in [0.1, 0.15) is 5.25 Å². The minimum atomic E-state index is -0.898. The highest BCUT2D eigenvalue weighted by atomic mass is 32.2. The molecule has 118 valence electrons. The van der Waals surface area contributed by atoms with Crippen LogP contribution in [0, 0.1) is 0 Å². The van der Waals surface area contributed by atoms with E-state index in [1.54, 1.807) is 16.7 Å². The average Bonchev–Trinajstić information content (AvgIpc) is 2.54.